The van der Waals surface area contributed by atoms with Crippen LogP contribution in [0, 0.1) is 6.92 Å². The number of furan rings is 1. The fourth-order valence-corrected chi connectivity index (χ4v) is 3.06. The number of rotatable bonds is 4. The number of hydrogen-bond acceptors (Lipinski definition) is 6. The van der Waals surface area contributed by atoms with Crippen molar-refractivity contribution < 1.29 is 19.1 Å². The van der Waals surface area contributed by atoms with Gasteiger partial charge in [0, 0.05) is 12.4 Å². The summed E-state index contributed by atoms with van der Waals surface area (Å²) in [7, 11) is 0. The first kappa shape index (κ1) is 16.7. The van der Waals surface area contributed by atoms with Crippen molar-refractivity contribution in [1.82, 2.24) is 9.97 Å². The van der Waals surface area contributed by atoms with E-state index in [1.807, 2.05) is 19.1 Å². The van der Waals surface area contributed by atoms with Gasteiger partial charge in [-0.3, -0.25) is 14.5 Å². The van der Waals surface area contributed by atoms with Gasteiger partial charge in [0.2, 0.25) is 11.7 Å². The molecule has 1 N–H and O–H groups in total. The number of aromatic nitrogens is 2. The highest BCUT2D eigenvalue weighted by Crippen LogP contribution is 2.40. The summed E-state index contributed by atoms with van der Waals surface area (Å²) >= 11 is 0. The quantitative estimate of drug-likeness (QED) is 0.717. The number of anilines is 1. The van der Waals surface area contributed by atoms with Crippen LogP contribution >= 0.6 is 0 Å². The Morgan fingerprint density at radius 1 is 1.11 bits per heavy atom. The molecule has 3 aromatic rings. The maximum Gasteiger partial charge on any atom is 0.296 e. The van der Waals surface area contributed by atoms with Crippen molar-refractivity contribution in [3.05, 3.63) is 89.3 Å². The highest BCUT2D eigenvalue weighted by molar-refractivity contribution is 6.19. The minimum Gasteiger partial charge on any atom is -0.503 e. The van der Waals surface area contributed by atoms with Crippen LogP contribution in [0.2, 0.25) is 0 Å². The van der Waals surface area contributed by atoms with Gasteiger partial charge in [-0.1, -0.05) is 29.8 Å². The Morgan fingerprint density at radius 3 is 2.44 bits per heavy atom. The van der Waals surface area contributed by atoms with Gasteiger partial charge >= 0.3 is 0 Å². The molecule has 1 aliphatic heterocycles. The standard InChI is InChI=1S/C20H15N3O4/c1-12-5-7-13(8-6-12)16-15(17(24)14-4-2-11-27-14)18(25)19(26)23(16)20-21-9-3-10-22-20/h2-11,16,25H,1H3/t16-/m0/s1. The van der Waals surface area contributed by atoms with E-state index in [9.17, 15) is 14.7 Å². The summed E-state index contributed by atoms with van der Waals surface area (Å²) in [5.41, 5.74) is 1.62. The first-order chi connectivity index (χ1) is 13.1. The predicted octanol–water partition coefficient (Wildman–Crippen LogP) is 3.16. The van der Waals surface area contributed by atoms with Crippen molar-refractivity contribution in [2.45, 2.75) is 13.0 Å². The van der Waals surface area contributed by atoms with E-state index < -0.39 is 23.5 Å². The molecule has 134 valence electrons. The van der Waals surface area contributed by atoms with Gasteiger partial charge in [-0.25, -0.2) is 9.97 Å². The second kappa shape index (κ2) is 6.53. The number of aliphatic hydroxyl groups excluding tert-OH is 1. The molecule has 1 aliphatic rings. The van der Waals surface area contributed by atoms with Gasteiger partial charge < -0.3 is 9.52 Å². The molecular weight excluding hydrogens is 346 g/mol. The average molecular weight is 361 g/mol. The lowest BCUT2D eigenvalue weighted by molar-refractivity contribution is -0.117. The third-order valence-electron chi connectivity index (χ3n) is 4.36. The number of carbonyl (C=O) groups excluding carboxylic acids is 2. The third kappa shape index (κ3) is 2.79. The molecule has 0 spiro atoms. The summed E-state index contributed by atoms with van der Waals surface area (Å²) in [4.78, 5) is 35.2. The fourth-order valence-electron chi connectivity index (χ4n) is 3.06. The molecule has 7 nitrogen and oxygen atoms in total. The van der Waals surface area contributed by atoms with E-state index in [4.69, 9.17) is 4.42 Å². The third-order valence-corrected chi connectivity index (χ3v) is 4.36. The molecule has 0 fully saturated rings. The van der Waals surface area contributed by atoms with Crippen molar-refractivity contribution in [3.63, 3.8) is 0 Å². The zero-order valence-electron chi connectivity index (χ0n) is 14.4. The molecule has 0 unspecified atom stereocenters. The molecule has 2 aromatic heterocycles. The number of ketones is 1. The fraction of sp³-hybridized carbons (Fsp3) is 0.100. The summed E-state index contributed by atoms with van der Waals surface area (Å²) in [6, 6.07) is 11.2. The van der Waals surface area contributed by atoms with E-state index in [-0.39, 0.29) is 17.3 Å². The molecular formula is C20H15N3O4. The van der Waals surface area contributed by atoms with Crippen LogP contribution in [0.4, 0.5) is 5.95 Å². The van der Waals surface area contributed by atoms with Crippen LogP contribution < -0.4 is 4.90 Å². The lowest BCUT2D eigenvalue weighted by atomic mass is 9.94. The Balaban J connectivity index is 1.88. The summed E-state index contributed by atoms with van der Waals surface area (Å²) in [5, 5.41) is 10.5. The Kier molecular flexibility index (Phi) is 4.04. The molecule has 0 saturated heterocycles. The van der Waals surface area contributed by atoms with Crippen LogP contribution in [0.1, 0.15) is 27.7 Å². The number of hydrogen-bond donors (Lipinski definition) is 1. The topological polar surface area (TPSA) is 96.5 Å². The van der Waals surface area contributed by atoms with Crippen molar-refractivity contribution in [3.8, 4) is 0 Å². The predicted molar refractivity (Wildman–Crippen MR) is 96.1 cm³/mol. The van der Waals surface area contributed by atoms with E-state index in [0.717, 1.165) is 5.56 Å². The number of Topliss-reactive ketones (excluding diaryl/α,β-unsaturated/α-hetero) is 1. The number of aryl methyl sites for hydroxylation is 1. The lowest BCUT2D eigenvalue weighted by Crippen LogP contribution is -2.32. The maximum atomic E-state index is 13.0. The van der Waals surface area contributed by atoms with Crippen molar-refractivity contribution in [1.29, 1.82) is 0 Å². The second-order valence-electron chi connectivity index (χ2n) is 6.11. The maximum absolute atomic E-state index is 13.0. The summed E-state index contributed by atoms with van der Waals surface area (Å²) in [5.74, 6) is -1.79. The summed E-state index contributed by atoms with van der Waals surface area (Å²) in [6.45, 7) is 1.93. The molecule has 1 amide bonds. The molecule has 27 heavy (non-hydrogen) atoms. The largest absolute Gasteiger partial charge is 0.503 e. The van der Waals surface area contributed by atoms with E-state index in [1.165, 1.54) is 29.6 Å². The van der Waals surface area contributed by atoms with Gasteiger partial charge in [-0.2, -0.15) is 0 Å². The average Bonchev–Trinajstić information content (AvgIpc) is 3.31. The second-order valence-corrected chi connectivity index (χ2v) is 6.11. The van der Waals surface area contributed by atoms with Gasteiger partial charge in [-0.05, 0) is 30.7 Å². The lowest BCUT2D eigenvalue weighted by Gasteiger charge is -2.24. The normalized spacial score (nSPS) is 16.9. The first-order valence-corrected chi connectivity index (χ1v) is 8.26. The molecule has 0 aliphatic carbocycles. The van der Waals surface area contributed by atoms with E-state index >= 15 is 0 Å². The highest BCUT2D eigenvalue weighted by atomic mass is 16.3. The SMILES string of the molecule is Cc1ccc([C@H]2C(C(=O)c3ccco3)=C(O)C(=O)N2c2ncccn2)cc1. The Labute approximate surface area is 154 Å². The van der Waals surface area contributed by atoms with E-state index in [0.29, 0.717) is 5.56 Å². The number of aliphatic hydroxyl groups is 1. The Hall–Kier alpha value is -3.74. The molecule has 0 bridgehead atoms. The summed E-state index contributed by atoms with van der Waals surface area (Å²) in [6.07, 6.45) is 4.34. The van der Waals surface area contributed by atoms with Crippen molar-refractivity contribution >= 4 is 17.6 Å². The summed E-state index contributed by atoms with van der Waals surface area (Å²) < 4.78 is 5.18. The smallest absolute Gasteiger partial charge is 0.296 e. The van der Waals surface area contributed by atoms with Crippen LogP contribution in [0.5, 0.6) is 0 Å². The molecule has 1 aromatic carbocycles. The van der Waals surface area contributed by atoms with E-state index in [1.54, 1.807) is 24.3 Å². The van der Waals surface area contributed by atoms with Crippen LogP contribution in [0.25, 0.3) is 0 Å². The van der Waals surface area contributed by atoms with Gasteiger partial charge in [0.1, 0.15) is 0 Å². The molecule has 4 rings (SSSR count). The van der Waals surface area contributed by atoms with Crippen LogP contribution in [-0.4, -0.2) is 26.8 Å². The van der Waals surface area contributed by atoms with Gasteiger partial charge in [0.15, 0.2) is 11.5 Å². The van der Waals surface area contributed by atoms with Crippen molar-refractivity contribution in [2.75, 3.05) is 4.90 Å². The molecule has 0 radical (unpaired) electrons. The van der Waals surface area contributed by atoms with E-state index in [2.05, 4.69) is 9.97 Å². The zero-order valence-corrected chi connectivity index (χ0v) is 14.4. The van der Waals surface area contributed by atoms with Crippen LogP contribution in [0.15, 0.2) is 76.9 Å². The zero-order chi connectivity index (χ0) is 19.0. The monoisotopic (exact) mass is 361 g/mol. The van der Waals surface area contributed by atoms with Gasteiger partial charge in [0.25, 0.3) is 5.91 Å². The molecule has 3 heterocycles. The van der Waals surface area contributed by atoms with Gasteiger partial charge in [0.05, 0.1) is 17.9 Å². The Bertz CT molecular complexity index is 1020. The minimum absolute atomic E-state index is 0.0392. The van der Waals surface area contributed by atoms with Crippen molar-refractivity contribution in [2.24, 2.45) is 0 Å². The number of amides is 1. The van der Waals surface area contributed by atoms with Crippen LogP contribution in [-0.2, 0) is 4.79 Å². The molecule has 1 atom stereocenters. The number of nitrogens with zero attached hydrogens (tertiary/aromatic N) is 3. The molecule has 7 heteroatoms. The van der Waals surface area contributed by atoms with Crippen LogP contribution in [0.3, 0.4) is 0 Å². The number of carbonyl (C=O) groups is 2. The highest BCUT2D eigenvalue weighted by Gasteiger charge is 2.46. The Morgan fingerprint density at radius 2 is 1.81 bits per heavy atom. The van der Waals surface area contributed by atoms with Gasteiger partial charge in [-0.15, -0.1) is 0 Å². The molecule has 0 saturated carbocycles. The first-order valence-electron chi connectivity index (χ1n) is 8.26. The minimum atomic E-state index is -0.863. The number of benzene rings is 1.